The van der Waals surface area contributed by atoms with Gasteiger partial charge in [0.25, 0.3) is 5.69 Å². The molecule has 0 fully saturated rings. The smallest absolute Gasteiger partial charge is 0.295 e. The van der Waals surface area contributed by atoms with Gasteiger partial charge in [0.15, 0.2) is 0 Å². The first-order valence-electron chi connectivity index (χ1n) is 6.37. The van der Waals surface area contributed by atoms with E-state index in [1.165, 1.54) is 12.1 Å². The van der Waals surface area contributed by atoms with E-state index in [0.29, 0.717) is 18.7 Å². The molecule has 0 amide bonds. The summed E-state index contributed by atoms with van der Waals surface area (Å²) in [6, 6.07) is 3.47. The quantitative estimate of drug-likeness (QED) is 0.562. The number of anilines is 1. The summed E-state index contributed by atoms with van der Waals surface area (Å²) in [4.78, 5) is 10.2. The van der Waals surface area contributed by atoms with E-state index in [9.17, 15) is 14.5 Å². The first-order valence-corrected chi connectivity index (χ1v) is 6.37. The molecule has 1 rings (SSSR count). The molecule has 0 aromatic heterocycles. The van der Waals surface area contributed by atoms with Gasteiger partial charge in [0.1, 0.15) is 11.5 Å². The van der Waals surface area contributed by atoms with Crippen molar-refractivity contribution >= 4 is 11.4 Å². The fraction of sp³-hybridized carbons (Fsp3) is 0.538. The Bertz CT molecular complexity index is 420. The number of hydrogen-bond acceptors (Lipinski definition) is 4. The molecule has 0 aliphatic carbocycles. The molecule has 6 heteroatoms. The summed E-state index contributed by atoms with van der Waals surface area (Å²) in [6.07, 6.45) is 2.57. The van der Waals surface area contributed by atoms with Crippen LogP contribution in [0.5, 0.6) is 0 Å². The number of hydrogen-bond donors (Lipinski definition) is 2. The average Bonchev–Trinajstić information content (AvgIpc) is 2.37. The van der Waals surface area contributed by atoms with Gasteiger partial charge in [-0.25, -0.2) is 4.39 Å². The summed E-state index contributed by atoms with van der Waals surface area (Å²) in [5.74, 6) is -0.377. The third-order valence-corrected chi connectivity index (χ3v) is 2.97. The van der Waals surface area contributed by atoms with Crippen LogP contribution in [-0.2, 0) is 0 Å². The van der Waals surface area contributed by atoms with Gasteiger partial charge < -0.3 is 10.4 Å². The number of halogens is 1. The molecule has 0 saturated carbocycles. The number of nitro benzene ring substituents is 1. The third kappa shape index (κ3) is 4.82. The molecule has 0 spiro atoms. The lowest BCUT2D eigenvalue weighted by Gasteiger charge is -2.16. The maximum Gasteiger partial charge on any atom is 0.295 e. The van der Waals surface area contributed by atoms with Crippen molar-refractivity contribution in [1.82, 2.24) is 0 Å². The normalized spacial score (nSPS) is 12.2. The molecule has 0 radical (unpaired) electrons. The molecule has 0 heterocycles. The molecule has 19 heavy (non-hydrogen) atoms. The van der Waals surface area contributed by atoms with Crippen LogP contribution >= 0.6 is 0 Å². The Morgan fingerprint density at radius 1 is 1.47 bits per heavy atom. The van der Waals surface area contributed by atoms with Gasteiger partial charge in [-0.3, -0.25) is 10.1 Å². The molecular formula is C13H19FN2O3. The first-order chi connectivity index (χ1) is 9.08. The average molecular weight is 270 g/mol. The standard InChI is InChI=1S/C13H19FN2O3/c1-2-3-10(6-7-17)9-15-12-5-4-11(14)8-13(12)16(18)19/h4-5,8,10,15,17H,2-3,6-7,9H2,1H3. The number of nitrogens with one attached hydrogen (secondary N) is 1. The number of benzene rings is 1. The van der Waals surface area contributed by atoms with Crippen LogP contribution in [0, 0.1) is 21.8 Å². The SMILES string of the molecule is CCCC(CCO)CNc1ccc(F)cc1[N+](=O)[O-]. The van der Waals surface area contributed by atoms with Crippen molar-refractivity contribution in [3.63, 3.8) is 0 Å². The molecule has 0 saturated heterocycles. The summed E-state index contributed by atoms with van der Waals surface area (Å²) in [6.45, 7) is 2.67. The number of aliphatic hydroxyl groups is 1. The summed E-state index contributed by atoms with van der Waals surface area (Å²) in [7, 11) is 0. The van der Waals surface area contributed by atoms with Crippen molar-refractivity contribution in [2.24, 2.45) is 5.92 Å². The maximum atomic E-state index is 13.0. The van der Waals surface area contributed by atoms with Crippen molar-refractivity contribution < 1.29 is 14.4 Å². The number of nitrogens with zero attached hydrogens (tertiary/aromatic N) is 1. The van der Waals surface area contributed by atoms with Crippen molar-refractivity contribution in [1.29, 1.82) is 0 Å². The van der Waals surface area contributed by atoms with Gasteiger partial charge in [0, 0.05) is 13.2 Å². The van der Waals surface area contributed by atoms with Gasteiger partial charge in [-0.15, -0.1) is 0 Å². The zero-order valence-electron chi connectivity index (χ0n) is 10.9. The van der Waals surface area contributed by atoms with Gasteiger partial charge in [0.2, 0.25) is 0 Å². The molecule has 0 bridgehead atoms. The van der Waals surface area contributed by atoms with Gasteiger partial charge in [-0.2, -0.15) is 0 Å². The molecular weight excluding hydrogens is 251 g/mol. The van der Waals surface area contributed by atoms with E-state index in [1.54, 1.807) is 0 Å². The Labute approximate surface area is 111 Å². The van der Waals surface area contributed by atoms with E-state index in [2.05, 4.69) is 5.32 Å². The molecule has 1 unspecified atom stereocenters. The van der Waals surface area contributed by atoms with E-state index >= 15 is 0 Å². The highest BCUT2D eigenvalue weighted by molar-refractivity contribution is 5.61. The lowest BCUT2D eigenvalue weighted by Crippen LogP contribution is -2.16. The number of nitro groups is 1. The number of aliphatic hydroxyl groups excluding tert-OH is 1. The summed E-state index contributed by atoms with van der Waals surface area (Å²) >= 11 is 0. The van der Waals surface area contributed by atoms with Crippen molar-refractivity contribution in [2.45, 2.75) is 26.2 Å². The third-order valence-electron chi connectivity index (χ3n) is 2.97. The minimum Gasteiger partial charge on any atom is -0.396 e. The van der Waals surface area contributed by atoms with Crippen LogP contribution in [0.1, 0.15) is 26.2 Å². The molecule has 106 valence electrons. The summed E-state index contributed by atoms with van der Waals surface area (Å²) in [5, 5.41) is 22.8. The Balaban J connectivity index is 2.73. The second-order valence-corrected chi connectivity index (χ2v) is 4.47. The Hall–Kier alpha value is -1.69. The topological polar surface area (TPSA) is 75.4 Å². The van der Waals surface area contributed by atoms with E-state index in [4.69, 9.17) is 5.11 Å². The Morgan fingerprint density at radius 3 is 2.79 bits per heavy atom. The van der Waals surface area contributed by atoms with E-state index in [-0.39, 0.29) is 18.2 Å². The lowest BCUT2D eigenvalue weighted by molar-refractivity contribution is -0.384. The number of rotatable bonds is 8. The van der Waals surface area contributed by atoms with Crippen LogP contribution in [0.2, 0.25) is 0 Å². The van der Waals surface area contributed by atoms with Gasteiger partial charge in [-0.1, -0.05) is 13.3 Å². The van der Waals surface area contributed by atoms with Crippen LogP contribution in [-0.4, -0.2) is 23.2 Å². The predicted octanol–water partition coefficient (Wildman–Crippen LogP) is 2.94. The fourth-order valence-corrected chi connectivity index (χ4v) is 2.00. The molecule has 1 aromatic rings. The van der Waals surface area contributed by atoms with Gasteiger partial charge >= 0.3 is 0 Å². The van der Waals surface area contributed by atoms with Crippen molar-refractivity contribution in [3.05, 3.63) is 34.1 Å². The van der Waals surface area contributed by atoms with Crippen LogP contribution in [0.15, 0.2) is 18.2 Å². The van der Waals surface area contributed by atoms with Gasteiger partial charge in [-0.05, 0) is 30.9 Å². The first kappa shape index (κ1) is 15.4. The minimum atomic E-state index is -0.627. The van der Waals surface area contributed by atoms with Crippen LogP contribution in [0.3, 0.4) is 0 Å². The Morgan fingerprint density at radius 2 is 2.21 bits per heavy atom. The van der Waals surface area contributed by atoms with E-state index in [1.807, 2.05) is 6.92 Å². The van der Waals surface area contributed by atoms with E-state index in [0.717, 1.165) is 18.9 Å². The monoisotopic (exact) mass is 270 g/mol. The largest absolute Gasteiger partial charge is 0.396 e. The van der Waals surface area contributed by atoms with E-state index < -0.39 is 10.7 Å². The molecule has 1 atom stereocenters. The highest BCUT2D eigenvalue weighted by Crippen LogP contribution is 2.25. The van der Waals surface area contributed by atoms with Crippen molar-refractivity contribution in [2.75, 3.05) is 18.5 Å². The second kappa shape index (κ2) is 7.68. The van der Waals surface area contributed by atoms with Crippen LogP contribution in [0.25, 0.3) is 0 Å². The maximum absolute atomic E-state index is 13.0. The highest BCUT2D eigenvalue weighted by Gasteiger charge is 2.16. The molecule has 1 aromatic carbocycles. The Kier molecular flexibility index (Phi) is 6.21. The highest BCUT2D eigenvalue weighted by atomic mass is 19.1. The molecule has 0 aliphatic rings. The minimum absolute atomic E-state index is 0.0951. The van der Waals surface area contributed by atoms with Crippen LogP contribution < -0.4 is 5.32 Å². The summed E-state index contributed by atoms with van der Waals surface area (Å²) < 4.78 is 13.0. The van der Waals surface area contributed by atoms with Crippen LogP contribution in [0.4, 0.5) is 15.8 Å². The fourth-order valence-electron chi connectivity index (χ4n) is 2.00. The molecule has 5 nitrogen and oxygen atoms in total. The second-order valence-electron chi connectivity index (χ2n) is 4.47. The van der Waals surface area contributed by atoms with Crippen molar-refractivity contribution in [3.8, 4) is 0 Å². The lowest BCUT2D eigenvalue weighted by atomic mass is 10.00. The van der Waals surface area contributed by atoms with Gasteiger partial charge in [0.05, 0.1) is 11.0 Å². The molecule has 2 N–H and O–H groups in total. The predicted molar refractivity (Wildman–Crippen MR) is 71.6 cm³/mol. The summed E-state index contributed by atoms with van der Waals surface area (Å²) in [5.41, 5.74) is 0.0460. The molecule has 0 aliphatic heterocycles. The zero-order valence-corrected chi connectivity index (χ0v) is 10.9. The zero-order chi connectivity index (χ0) is 14.3.